The summed E-state index contributed by atoms with van der Waals surface area (Å²) in [6.07, 6.45) is 3.45. The van der Waals surface area contributed by atoms with Gasteiger partial charge in [0.2, 0.25) is 11.8 Å². The van der Waals surface area contributed by atoms with Crippen molar-refractivity contribution in [3.63, 3.8) is 0 Å². The zero-order valence-electron chi connectivity index (χ0n) is 13.5. The molecular formula is C16H26N2O4. The predicted molar refractivity (Wildman–Crippen MR) is 81.9 cm³/mol. The van der Waals surface area contributed by atoms with Crippen molar-refractivity contribution < 1.29 is 19.2 Å². The maximum Gasteiger partial charge on any atom is 0.229 e. The zero-order chi connectivity index (χ0) is 16.7. The van der Waals surface area contributed by atoms with Crippen LogP contribution in [0, 0.1) is 0 Å². The fourth-order valence-corrected chi connectivity index (χ4v) is 2.79. The van der Waals surface area contributed by atoms with Crippen LogP contribution in [0.25, 0.3) is 0 Å². The number of nitrogens with two attached hydrogens (primary N) is 1. The van der Waals surface area contributed by atoms with Crippen LogP contribution < -0.4 is 5.73 Å². The molecule has 1 fully saturated rings. The molecule has 1 rings (SSSR count). The van der Waals surface area contributed by atoms with Crippen molar-refractivity contribution in [2.45, 2.75) is 77.3 Å². The third-order valence-corrected chi connectivity index (χ3v) is 3.97. The van der Waals surface area contributed by atoms with E-state index in [1.807, 2.05) is 0 Å². The fraction of sp³-hybridized carbons (Fsp3) is 0.750. The number of hydrogen-bond acceptors (Lipinski definition) is 5. The molecular weight excluding hydrogens is 284 g/mol. The molecule has 2 unspecified atom stereocenters. The Hall–Kier alpha value is -1.56. The molecule has 0 aliphatic heterocycles. The van der Waals surface area contributed by atoms with E-state index in [0.29, 0.717) is 6.42 Å². The molecule has 0 aromatic carbocycles. The van der Waals surface area contributed by atoms with Gasteiger partial charge < -0.3 is 15.3 Å². The van der Waals surface area contributed by atoms with Crippen LogP contribution in [0.5, 0.6) is 0 Å². The minimum Gasteiger partial charge on any atom is -0.328 e. The summed E-state index contributed by atoms with van der Waals surface area (Å²) in [5, 5.41) is 0. The summed E-state index contributed by atoms with van der Waals surface area (Å²) in [4.78, 5) is 48.1. The third-order valence-electron chi connectivity index (χ3n) is 3.97. The number of Topliss-reactive ketones (excluding diaryl/α,β-unsaturated/α-hetero) is 2. The second-order valence-corrected chi connectivity index (χ2v) is 6.14. The van der Waals surface area contributed by atoms with Crippen molar-refractivity contribution in [2.75, 3.05) is 0 Å². The van der Waals surface area contributed by atoms with Crippen LogP contribution >= 0.6 is 0 Å². The zero-order valence-corrected chi connectivity index (χ0v) is 13.5. The molecule has 6 nitrogen and oxygen atoms in total. The lowest BCUT2D eigenvalue weighted by atomic mass is 9.90. The van der Waals surface area contributed by atoms with Crippen LogP contribution in [0.15, 0.2) is 0 Å². The molecule has 0 heterocycles. The number of rotatable bonds is 7. The summed E-state index contributed by atoms with van der Waals surface area (Å²) < 4.78 is 0. The van der Waals surface area contributed by atoms with E-state index < -0.39 is 0 Å². The molecule has 2 atom stereocenters. The first-order chi connectivity index (χ1) is 10.3. The maximum absolute atomic E-state index is 12.4. The van der Waals surface area contributed by atoms with Crippen LogP contribution in [0.1, 0.15) is 65.2 Å². The van der Waals surface area contributed by atoms with E-state index in [9.17, 15) is 19.2 Å². The van der Waals surface area contributed by atoms with Gasteiger partial charge in [0.05, 0.1) is 0 Å². The maximum atomic E-state index is 12.4. The summed E-state index contributed by atoms with van der Waals surface area (Å²) >= 11 is 0. The SMILES string of the molecule is CC(=O)CCC(=O)N(C(=O)CCC(C)=O)C1CCCC(N)C1. The van der Waals surface area contributed by atoms with Gasteiger partial charge in [-0.25, -0.2) is 0 Å². The van der Waals surface area contributed by atoms with Gasteiger partial charge >= 0.3 is 0 Å². The first kappa shape index (κ1) is 18.5. The van der Waals surface area contributed by atoms with E-state index in [-0.39, 0.29) is 61.1 Å². The fourth-order valence-electron chi connectivity index (χ4n) is 2.79. The van der Waals surface area contributed by atoms with Gasteiger partial charge in [0.25, 0.3) is 0 Å². The smallest absolute Gasteiger partial charge is 0.229 e. The van der Waals surface area contributed by atoms with Crippen molar-refractivity contribution in [1.29, 1.82) is 0 Å². The monoisotopic (exact) mass is 310 g/mol. The molecule has 2 N–H and O–H groups in total. The van der Waals surface area contributed by atoms with E-state index in [1.165, 1.54) is 18.7 Å². The quantitative estimate of drug-likeness (QED) is 0.765. The van der Waals surface area contributed by atoms with Crippen molar-refractivity contribution in [3.8, 4) is 0 Å². The summed E-state index contributed by atoms with van der Waals surface area (Å²) in [5.41, 5.74) is 5.95. The molecule has 2 amide bonds. The highest BCUT2D eigenvalue weighted by atomic mass is 16.2. The Morgan fingerprint density at radius 1 is 0.909 bits per heavy atom. The molecule has 0 radical (unpaired) electrons. The van der Waals surface area contributed by atoms with Gasteiger partial charge in [0.15, 0.2) is 0 Å². The van der Waals surface area contributed by atoms with Crippen molar-refractivity contribution in [2.24, 2.45) is 5.73 Å². The highest BCUT2D eigenvalue weighted by Gasteiger charge is 2.32. The number of carbonyl (C=O) groups excluding carboxylic acids is 4. The second-order valence-electron chi connectivity index (χ2n) is 6.14. The standard InChI is InChI=1S/C16H26N2O4/c1-11(19)6-8-15(21)18(16(22)9-7-12(2)20)14-5-3-4-13(17)10-14/h13-14H,3-10,17H2,1-2H3. The Morgan fingerprint density at radius 2 is 1.41 bits per heavy atom. The minimum absolute atomic E-state index is 0.0116. The Kier molecular flexibility index (Phi) is 7.38. The molecule has 0 bridgehead atoms. The second kappa shape index (κ2) is 8.78. The van der Waals surface area contributed by atoms with Crippen LogP contribution in [0.4, 0.5) is 0 Å². The molecule has 1 aliphatic rings. The molecule has 22 heavy (non-hydrogen) atoms. The van der Waals surface area contributed by atoms with Crippen molar-refractivity contribution in [3.05, 3.63) is 0 Å². The molecule has 0 saturated heterocycles. The number of carbonyl (C=O) groups is 4. The average molecular weight is 310 g/mol. The normalized spacial score (nSPS) is 21.2. The summed E-state index contributed by atoms with van der Waals surface area (Å²) in [5.74, 6) is -0.819. The van der Waals surface area contributed by atoms with Gasteiger partial charge in [0, 0.05) is 37.8 Å². The lowest BCUT2D eigenvalue weighted by Gasteiger charge is -2.35. The molecule has 0 spiro atoms. The molecule has 0 aromatic rings. The molecule has 6 heteroatoms. The third kappa shape index (κ3) is 6.05. The molecule has 1 saturated carbocycles. The highest BCUT2D eigenvalue weighted by molar-refractivity contribution is 5.98. The predicted octanol–water partition coefficient (Wildman–Crippen LogP) is 1.35. The summed E-state index contributed by atoms with van der Waals surface area (Å²) in [7, 11) is 0. The van der Waals surface area contributed by atoms with E-state index in [4.69, 9.17) is 5.73 Å². The molecule has 0 aromatic heterocycles. The van der Waals surface area contributed by atoms with Crippen LogP contribution in [-0.4, -0.2) is 40.4 Å². The van der Waals surface area contributed by atoms with Crippen LogP contribution in [-0.2, 0) is 19.2 Å². The van der Waals surface area contributed by atoms with Gasteiger partial charge in [-0.2, -0.15) is 0 Å². The van der Waals surface area contributed by atoms with Gasteiger partial charge in [-0.15, -0.1) is 0 Å². The van der Waals surface area contributed by atoms with Crippen LogP contribution in [0.2, 0.25) is 0 Å². The summed E-state index contributed by atoms with van der Waals surface area (Å²) in [6, 6.07) is -0.217. The van der Waals surface area contributed by atoms with E-state index in [2.05, 4.69) is 0 Å². The topological polar surface area (TPSA) is 97.5 Å². The Bertz CT molecular complexity index is 417. The number of amides is 2. The highest BCUT2D eigenvalue weighted by Crippen LogP contribution is 2.24. The van der Waals surface area contributed by atoms with Gasteiger partial charge in [-0.1, -0.05) is 0 Å². The lowest BCUT2D eigenvalue weighted by molar-refractivity contribution is -0.149. The first-order valence-corrected chi connectivity index (χ1v) is 7.90. The molecule has 1 aliphatic carbocycles. The Labute approximate surface area is 131 Å². The van der Waals surface area contributed by atoms with Crippen molar-refractivity contribution in [1.82, 2.24) is 4.90 Å². The average Bonchev–Trinajstić information content (AvgIpc) is 2.43. The molecule has 124 valence electrons. The summed E-state index contributed by atoms with van der Waals surface area (Å²) in [6.45, 7) is 2.84. The van der Waals surface area contributed by atoms with E-state index in [1.54, 1.807) is 0 Å². The number of hydrogen-bond donors (Lipinski definition) is 1. The number of imide groups is 1. The number of nitrogens with zero attached hydrogens (tertiary/aromatic N) is 1. The lowest BCUT2D eigenvalue weighted by Crippen LogP contribution is -2.48. The van der Waals surface area contributed by atoms with Gasteiger partial charge in [0.1, 0.15) is 11.6 Å². The van der Waals surface area contributed by atoms with E-state index in [0.717, 1.165) is 19.3 Å². The van der Waals surface area contributed by atoms with Gasteiger partial charge in [-0.05, 0) is 39.5 Å². The number of ketones is 2. The van der Waals surface area contributed by atoms with Crippen LogP contribution in [0.3, 0.4) is 0 Å². The minimum atomic E-state index is -0.331. The Balaban J connectivity index is 2.78. The van der Waals surface area contributed by atoms with Crippen molar-refractivity contribution >= 4 is 23.4 Å². The van der Waals surface area contributed by atoms with Gasteiger partial charge in [-0.3, -0.25) is 14.5 Å². The Morgan fingerprint density at radius 3 is 1.82 bits per heavy atom. The largest absolute Gasteiger partial charge is 0.328 e. The first-order valence-electron chi connectivity index (χ1n) is 7.90. The van der Waals surface area contributed by atoms with E-state index >= 15 is 0 Å².